The molecule has 1 saturated heterocycles. The van der Waals surface area contributed by atoms with E-state index >= 15 is 0 Å². The van der Waals surface area contributed by atoms with Crippen molar-refractivity contribution in [2.24, 2.45) is 5.92 Å². The number of halogens is 1. The van der Waals surface area contributed by atoms with Crippen molar-refractivity contribution < 1.29 is 9.90 Å². The Labute approximate surface area is 161 Å². The number of rotatable bonds is 7. The summed E-state index contributed by atoms with van der Waals surface area (Å²) in [5, 5.41) is 13.5. The first-order chi connectivity index (χ1) is 12.6. The summed E-state index contributed by atoms with van der Waals surface area (Å²) < 4.78 is 0. The van der Waals surface area contributed by atoms with Crippen LogP contribution in [-0.2, 0) is 4.79 Å². The average Bonchev–Trinajstić information content (AvgIpc) is 2.67. The number of anilines is 1. The van der Waals surface area contributed by atoms with E-state index in [1.54, 1.807) is 0 Å². The summed E-state index contributed by atoms with van der Waals surface area (Å²) in [7, 11) is 0. The van der Waals surface area contributed by atoms with Gasteiger partial charge in [-0.25, -0.2) is 0 Å². The fourth-order valence-corrected chi connectivity index (χ4v) is 4.33. The van der Waals surface area contributed by atoms with Gasteiger partial charge >= 0.3 is 5.97 Å². The highest BCUT2D eigenvalue weighted by Crippen LogP contribution is 2.26. The molecule has 0 unspecified atom stereocenters. The quantitative estimate of drug-likeness (QED) is 0.713. The number of benzene rings is 1. The molecular formula is C20H30ClN3O2. The van der Waals surface area contributed by atoms with E-state index in [4.69, 9.17) is 16.7 Å². The molecule has 1 saturated carbocycles. The van der Waals surface area contributed by atoms with Crippen LogP contribution in [0.25, 0.3) is 0 Å². The van der Waals surface area contributed by atoms with Crippen molar-refractivity contribution in [2.45, 2.75) is 38.1 Å². The number of carboxylic acid groups (broad SMARTS) is 1. The maximum Gasteiger partial charge on any atom is 0.306 e. The summed E-state index contributed by atoms with van der Waals surface area (Å²) in [5.74, 6) is -0.748. The van der Waals surface area contributed by atoms with Crippen molar-refractivity contribution in [3.8, 4) is 0 Å². The summed E-state index contributed by atoms with van der Waals surface area (Å²) in [4.78, 5) is 15.9. The molecule has 0 aromatic heterocycles. The Balaban J connectivity index is 1.29. The average molecular weight is 380 g/mol. The molecule has 144 valence electrons. The topological polar surface area (TPSA) is 55.8 Å². The fourth-order valence-electron chi connectivity index (χ4n) is 4.07. The van der Waals surface area contributed by atoms with E-state index in [1.807, 2.05) is 18.2 Å². The molecule has 2 fully saturated rings. The van der Waals surface area contributed by atoms with Crippen molar-refractivity contribution in [2.75, 3.05) is 44.2 Å². The molecule has 26 heavy (non-hydrogen) atoms. The second kappa shape index (κ2) is 9.58. The molecule has 2 N–H and O–H groups in total. The van der Waals surface area contributed by atoms with Gasteiger partial charge in [-0.3, -0.25) is 9.69 Å². The van der Waals surface area contributed by atoms with E-state index in [0.29, 0.717) is 6.04 Å². The zero-order valence-corrected chi connectivity index (χ0v) is 16.1. The molecule has 0 bridgehead atoms. The van der Waals surface area contributed by atoms with Crippen LogP contribution in [0.2, 0.25) is 5.02 Å². The van der Waals surface area contributed by atoms with Crippen molar-refractivity contribution in [1.82, 2.24) is 10.2 Å². The van der Waals surface area contributed by atoms with Crippen LogP contribution >= 0.6 is 11.6 Å². The number of aliphatic carboxylic acids is 1. The minimum absolute atomic E-state index is 0.123. The highest BCUT2D eigenvalue weighted by molar-refractivity contribution is 6.33. The third-order valence-electron chi connectivity index (χ3n) is 5.73. The lowest BCUT2D eigenvalue weighted by molar-refractivity contribution is -0.142. The van der Waals surface area contributed by atoms with E-state index in [2.05, 4.69) is 21.2 Å². The molecule has 0 radical (unpaired) electrons. The molecule has 3 rings (SSSR count). The molecule has 1 aromatic carbocycles. The lowest BCUT2D eigenvalue weighted by atomic mass is 9.86. The summed E-state index contributed by atoms with van der Waals surface area (Å²) in [6.45, 7) is 6.34. The van der Waals surface area contributed by atoms with Crippen LogP contribution in [0.5, 0.6) is 0 Å². The minimum atomic E-state index is -0.626. The van der Waals surface area contributed by atoms with Crippen LogP contribution < -0.4 is 10.2 Å². The van der Waals surface area contributed by atoms with Crippen LogP contribution in [0, 0.1) is 5.92 Å². The van der Waals surface area contributed by atoms with Gasteiger partial charge in [0.1, 0.15) is 0 Å². The summed E-state index contributed by atoms with van der Waals surface area (Å²) >= 11 is 6.30. The Bertz CT molecular complexity index is 582. The van der Waals surface area contributed by atoms with E-state index in [1.165, 1.54) is 0 Å². The Morgan fingerprint density at radius 1 is 1.12 bits per heavy atom. The van der Waals surface area contributed by atoms with Gasteiger partial charge in [-0.1, -0.05) is 23.7 Å². The first-order valence-corrected chi connectivity index (χ1v) is 10.2. The molecule has 1 aliphatic carbocycles. The SMILES string of the molecule is O=C(O)C1CCC(NCCCN2CCN(c3ccccc3Cl)CC2)CC1. The number of carboxylic acids is 1. The first-order valence-electron chi connectivity index (χ1n) is 9.81. The summed E-state index contributed by atoms with van der Waals surface area (Å²) in [6.07, 6.45) is 4.76. The maximum absolute atomic E-state index is 11.0. The van der Waals surface area contributed by atoms with Gasteiger partial charge in [-0.05, 0) is 57.3 Å². The lowest BCUT2D eigenvalue weighted by Crippen LogP contribution is -2.47. The van der Waals surface area contributed by atoms with E-state index in [9.17, 15) is 4.79 Å². The predicted octanol–water partition coefficient (Wildman–Crippen LogP) is 3.09. The van der Waals surface area contributed by atoms with Crippen LogP contribution in [0.15, 0.2) is 24.3 Å². The van der Waals surface area contributed by atoms with Crippen molar-refractivity contribution >= 4 is 23.3 Å². The van der Waals surface area contributed by atoms with Crippen LogP contribution in [0.1, 0.15) is 32.1 Å². The van der Waals surface area contributed by atoms with Gasteiger partial charge in [-0.2, -0.15) is 0 Å². The van der Waals surface area contributed by atoms with E-state index in [-0.39, 0.29) is 5.92 Å². The van der Waals surface area contributed by atoms with Crippen molar-refractivity contribution in [3.05, 3.63) is 29.3 Å². The smallest absolute Gasteiger partial charge is 0.306 e. The van der Waals surface area contributed by atoms with Crippen LogP contribution in [-0.4, -0.2) is 61.3 Å². The molecule has 0 atom stereocenters. The molecule has 1 aromatic rings. The minimum Gasteiger partial charge on any atom is -0.481 e. The fraction of sp³-hybridized carbons (Fsp3) is 0.650. The van der Waals surface area contributed by atoms with Gasteiger partial charge in [0.2, 0.25) is 0 Å². The molecule has 0 spiro atoms. The molecule has 2 aliphatic rings. The van der Waals surface area contributed by atoms with Gasteiger partial charge < -0.3 is 15.3 Å². The first kappa shape index (κ1) is 19.5. The Morgan fingerprint density at radius 3 is 2.46 bits per heavy atom. The number of carbonyl (C=O) groups is 1. The monoisotopic (exact) mass is 379 g/mol. The zero-order valence-electron chi connectivity index (χ0n) is 15.4. The summed E-state index contributed by atoms with van der Waals surface area (Å²) in [6, 6.07) is 8.58. The maximum atomic E-state index is 11.0. The number of hydrogen-bond donors (Lipinski definition) is 2. The predicted molar refractivity (Wildman–Crippen MR) is 106 cm³/mol. The Morgan fingerprint density at radius 2 is 1.81 bits per heavy atom. The third-order valence-corrected chi connectivity index (χ3v) is 6.05. The largest absolute Gasteiger partial charge is 0.481 e. The highest BCUT2D eigenvalue weighted by atomic mass is 35.5. The van der Waals surface area contributed by atoms with Gasteiger partial charge in [0, 0.05) is 32.2 Å². The zero-order chi connectivity index (χ0) is 18.4. The molecule has 0 amide bonds. The second-order valence-electron chi connectivity index (χ2n) is 7.47. The van der Waals surface area contributed by atoms with Crippen molar-refractivity contribution in [1.29, 1.82) is 0 Å². The van der Waals surface area contributed by atoms with Crippen molar-refractivity contribution in [3.63, 3.8) is 0 Å². The molecule has 1 aliphatic heterocycles. The third kappa shape index (κ3) is 5.35. The van der Waals surface area contributed by atoms with Gasteiger partial charge in [-0.15, -0.1) is 0 Å². The van der Waals surface area contributed by atoms with Gasteiger partial charge in [0.05, 0.1) is 16.6 Å². The van der Waals surface area contributed by atoms with Crippen LogP contribution in [0.3, 0.4) is 0 Å². The van der Waals surface area contributed by atoms with E-state index in [0.717, 1.165) is 82.1 Å². The number of para-hydroxylation sites is 1. The number of hydrogen-bond acceptors (Lipinski definition) is 4. The Hall–Kier alpha value is -1.30. The molecule has 6 heteroatoms. The van der Waals surface area contributed by atoms with E-state index < -0.39 is 5.97 Å². The molecule has 1 heterocycles. The van der Waals surface area contributed by atoms with Gasteiger partial charge in [0.15, 0.2) is 0 Å². The number of nitrogens with one attached hydrogen (secondary N) is 1. The Kier molecular flexibility index (Phi) is 7.17. The number of nitrogens with zero attached hydrogens (tertiary/aromatic N) is 2. The summed E-state index contributed by atoms with van der Waals surface area (Å²) in [5.41, 5.74) is 1.15. The normalized spacial score (nSPS) is 24.6. The standard InChI is InChI=1S/C20H30ClN3O2/c21-18-4-1-2-5-19(18)24-14-12-23(13-15-24)11-3-10-22-17-8-6-16(7-9-17)20(25)26/h1-2,4-5,16-17,22H,3,6-15H2,(H,25,26). The van der Waals surface area contributed by atoms with Gasteiger partial charge in [0.25, 0.3) is 0 Å². The lowest BCUT2D eigenvalue weighted by Gasteiger charge is -2.36. The highest BCUT2D eigenvalue weighted by Gasteiger charge is 2.25. The van der Waals surface area contributed by atoms with Crippen LogP contribution in [0.4, 0.5) is 5.69 Å². The number of piperazine rings is 1. The molecule has 5 nitrogen and oxygen atoms in total. The second-order valence-corrected chi connectivity index (χ2v) is 7.88. The molecular weight excluding hydrogens is 350 g/mol.